The number of nitrogens with zero attached hydrogens (tertiary/aromatic N) is 2. The van der Waals surface area contributed by atoms with Gasteiger partial charge >= 0.3 is 0 Å². The number of thioether (sulfide) groups is 1. The normalized spacial score (nSPS) is 12.7. The highest BCUT2D eigenvalue weighted by atomic mass is 35.5. The van der Waals surface area contributed by atoms with Crippen LogP contribution in [0.4, 0.5) is 0 Å². The van der Waals surface area contributed by atoms with Crippen molar-refractivity contribution in [2.75, 3.05) is 45.1 Å². The molecule has 0 spiro atoms. The van der Waals surface area contributed by atoms with Gasteiger partial charge in [0.2, 0.25) is 0 Å². The highest BCUT2D eigenvalue weighted by Crippen LogP contribution is 2.06. The molecule has 0 atom stereocenters. The van der Waals surface area contributed by atoms with Gasteiger partial charge in [-0.2, -0.15) is 28.8 Å². The Hall–Kier alpha value is 0.510. The molecule has 0 heterocycles. The van der Waals surface area contributed by atoms with E-state index < -0.39 is 10.2 Å². The molecule has 7 heteroatoms. The molecule has 4 nitrogen and oxygen atoms in total. The van der Waals surface area contributed by atoms with Crippen molar-refractivity contribution in [3.8, 4) is 0 Å². The van der Waals surface area contributed by atoms with E-state index in [0.29, 0.717) is 25.4 Å². The topological polar surface area (TPSA) is 40.6 Å². The molecule has 0 aliphatic heterocycles. The molecule has 92 valence electrons. The minimum absolute atomic E-state index is 0.468. The second kappa shape index (κ2) is 7.73. The van der Waals surface area contributed by atoms with Crippen molar-refractivity contribution in [1.29, 1.82) is 0 Å². The first-order chi connectivity index (χ1) is 6.96. The summed E-state index contributed by atoms with van der Waals surface area (Å²) in [5.41, 5.74) is 0. The van der Waals surface area contributed by atoms with Crippen LogP contribution in [0.3, 0.4) is 0 Å². The van der Waals surface area contributed by atoms with Gasteiger partial charge in [0.15, 0.2) is 0 Å². The first-order valence-electron chi connectivity index (χ1n) is 4.69. The van der Waals surface area contributed by atoms with Gasteiger partial charge in [0.05, 0.1) is 0 Å². The van der Waals surface area contributed by atoms with Crippen LogP contribution >= 0.6 is 23.4 Å². The van der Waals surface area contributed by atoms with Crippen LogP contribution in [-0.2, 0) is 10.2 Å². The monoisotopic (exact) mass is 274 g/mol. The van der Waals surface area contributed by atoms with Crippen LogP contribution in [0.2, 0.25) is 0 Å². The standard InChI is InChI=1S/C8H19ClN2O2S2/c1-10(6-4-5-9)15(12,13)11(2)7-8-14-3/h4-8H2,1-3H3. The Morgan fingerprint density at radius 1 is 1.20 bits per heavy atom. The van der Waals surface area contributed by atoms with Crippen LogP contribution < -0.4 is 0 Å². The first-order valence-corrected chi connectivity index (χ1v) is 8.01. The summed E-state index contributed by atoms with van der Waals surface area (Å²) in [6.45, 7) is 1.00. The van der Waals surface area contributed by atoms with Gasteiger partial charge < -0.3 is 0 Å². The van der Waals surface area contributed by atoms with Crippen LogP contribution in [0.5, 0.6) is 0 Å². The minimum atomic E-state index is -3.29. The number of alkyl halides is 1. The van der Waals surface area contributed by atoms with E-state index in [9.17, 15) is 8.42 Å². The van der Waals surface area contributed by atoms with Gasteiger partial charge in [-0.1, -0.05) is 0 Å². The van der Waals surface area contributed by atoms with E-state index >= 15 is 0 Å². The summed E-state index contributed by atoms with van der Waals surface area (Å²) in [6.07, 6.45) is 2.63. The molecule has 0 aliphatic rings. The summed E-state index contributed by atoms with van der Waals surface area (Å²) in [5.74, 6) is 1.29. The lowest BCUT2D eigenvalue weighted by molar-refractivity contribution is 0.401. The van der Waals surface area contributed by atoms with Crippen molar-refractivity contribution >= 4 is 33.6 Å². The van der Waals surface area contributed by atoms with Crippen molar-refractivity contribution in [3.63, 3.8) is 0 Å². The number of rotatable bonds is 8. The fourth-order valence-corrected chi connectivity index (χ4v) is 2.82. The third-order valence-electron chi connectivity index (χ3n) is 2.00. The number of halogens is 1. The Morgan fingerprint density at radius 3 is 2.20 bits per heavy atom. The smallest absolute Gasteiger partial charge is 0.195 e. The molecule has 0 aromatic rings. The van der Waals surface area contributed by atoms with Gasteiger partial charge in [-0.05, 0) is 12.7 Å². The molecule has 0 aromatic heterocycles. The van der Waals surface area contributed by atoms with E-state index in [2.05, 4.69) is 0 Å². The Balaban J connectivity index is 4.25. The maximum Gasteiger partial charge on any atom is 0.281 e. The average Bonchev–Trinajstić information content (AvgIpc) is 2.21. The first kappa shape index (κ1) is 15.5. The maximum absolute atomic E-state index is 11.8. The fourth-order valence-electron chi connectivity index (χ4n) is 0.971. The summed E-state index contributed by atoms with van der Waals surface area (Å²) in [4.78, 5) is 0. The Labute approximate surface area is 102 Å². The van der Waals surface area contributed by atoms with Crippen LogP contribution in [0, 0.1) is 0 Å². The highest BCUT2D eigenvalue weighted by Gasteiger charge is 2.22. The van der Waals surface area contributed by atoms with Gasteiger partial charge in [-0.15, -0.1) is 11.6 Å². The Kier molecular flexibility index (Phi) is 7.99. The van der Waals surface area contributed by atoms with Crippen molar-refractivity contribution in [3.05, 3.63) is 0 Å². The number of hydrogen-bond donors (Lipinski definition) is 0. The van der Waals surface area contributed by atoms with Gasteiger partial charge in [-0.3, -0.25) is 0 Å². The molecule has 0 fully saturated rings. The van der Waals surface area contributed by atoms with Crippen LogP contribution in [-0.4, -0.2) is 62.1 Å². The van der Waals surface area contributed by atoms with E-state index in [1.807, 2.05) is 6.26 Å². The molecule has 0 radical (unpaired) electrons. The lowest BCUT2D eigenvalue weighted by Gasteiger charge is -2.23. The zero-order chi connectivity index (χ0) is 11.9. The largest absolute Gasteiger partial charge is 0.281 e. The van der Waals surface area contributed by atoms with E-state index in [-0.39, 0.29) is 0 Å². The summed E-state index contributed by atoms with van der Waals surface area (Å²) >= 11 is 7.15. The Morgan fingerprint density at radius 2 is 1.73 bits per heavy atom. The number of hydrogen-bond acceptors (Lipinski definition) is 3. The maximum atomic E-state index is 11.8. The van der Waals surface area contributed by atoms with Crippen LogP contribution in [0.15, 0.2) is 0 Å². The zero-order valence-corrected chi connectivity index (χ0v) is 11.8. The van der Waals surface area contributed by atoms with E-state index in [1.165, 1.54) is 8.61 Å². The quantitative estimate of drug-likeness (QED) is 0.622. The van der Waals surface area contributed by atoms with Crippen LogP contribution in [0.25, 0.3) is 0 Å². The van der Waals surface area contributed by atoms with E-state index in [4.69, 9.17) is 11.6 Å². The lowest BCUT2D eigenvalue weighted by atomic mass is 10.5. The van der Waals surface area contributed by atoms with Gasteiger partial charge in [0, 0.05) is 38.8 Å². The molecule has 0 aromatic carbocycles. The molecular weight excluding hydrogens is 256 g/mol. The summed E-state index contributed by atoms with van der Waals surface area (Å²) in [7, 11) is -0.108. The average molecular weight is 275 g/mol. The molecule has 0 amide bonds. The van der Waals surface area contributed by atoms with Crippen LogP contribution in [0.1, 0.15) is 6.42 Å². The van der Waals surface area contributed by atoms with E-state index in [0.717, 1.165) is 5.75 Å². The van der Waals surface area contributed by atoms with E-state index in [1.54, 1.807) is 25.9 Å². The van der Waals surface area contributed by atoms with Crippen molar-refractivity contribution < 1.29 is 8.42 Å². The van der Waals surface area contributed by atoms with Gasteiger partial charge in [0.1, 0.15) is 0 Å². The molecule has 15 heavy (non-hydrogen) atoms. The zero-order valence-electron chi connectivity index (χ0n) is 9.44. The van der Waals surface area contributed by atoms with Crippen molar-refractivity contribution in [2.24, 2.45) is 0 Å². The highest BCUT2D eigenvalue weighted by molar-refractivity contribution is 7.98. The molecule has 0 saturated carbocycles. The minimum Gasteiger partial charge on any atom is -0.195 e. The second-order valence-electron chi connectivity index (χ2n) is 3.19. The predicted molar refractivity (Wildman–Crippen MR) is 67.9 cm³/mol. The molecule has 0 saturated heterocycles. The molecule has 0 aliphatic carbocycles. The fraction of sp³-hybridized carbons (Fsp3) is 1.00. The second-order valence-corrected chi connectivity index (χ2v) is 6.69. The SMILES string of the molecule is CSCCN(C)S(=O)(=O)N(C)CCCCl. The summed E-state index contributed by atoms with van der Waals surface area (Å²) in [6, 6.07) is 0. The third kappa shape index (κ3) is 5.40. The van der Waals surface area contributed by atoms with Gasteiger partial charge in [-0.25, -0.2) is 0 Å². The molecular formula is C8H19ClN2O2S2. The van der Waals surface area contributed by atoms with Gasteiger partial charge in [0.25, 0.3) is 10.2 Å². The summed E-state index contributed by atoms with van der Waals surface area (Å²) in [5, 5.41) is 0. The third-order valence-corrected chi connectivity index (χ3v) is 4.80. The lowest BCUT2D eigenvalue weighted by Crippen LogP contribution is -2.41. The molecule has 0 N–H and O–H groups in total. The molecule has 0 bridgehead atoms. The molecule has 0 rings (SSSR count). The predicted octanol–water partition coefficient (Wildman–Crippen LogP) is 1.09. The van der Waals surface area contributed by atoms with Crippen molar-refractivity contribution in [2.45, 2.75) is 6.42 Å². The molecule has 0 unspecified atom stereocenters. The Bertz CT molecular complexity index is 239. The van der Waals surface area contributed by atoms with Crippen molar-refractivity contribution in [1.82, 2.24) is 8.61 Å². The summed E-state index contributed by atoms with van der Waals surface area (Å²) < 4.78 is 26.4.